The van der Waals surface area contributed by atoms with Crippen LogP contribution in [0.2, 0.25) is 0 Å². The molecule has 0 spiro atoms. The van der Waals surface area contributed by atoms with Gasteiger partial charge in [0.25, 0.3) is 0 Å². The molecule has 5 unspecified atom stereocenters. The molecule has 4 rings (SSSR count). The van der Waals surface area contributed by atoms with Crippen molar-refractivity contribution in [3.05, 3.63) is 0 Å². The fraction of sp³-hybridized carbons (Fsp3) is 0.923. The molecule has 0 aromatic carbocycles. The van der Waals surface area contributed by atoms with Gasteiger partial charge >= 0.3 is 5.97 Å². The maximum Gasteiger partial charge on any atom is 0.303 e. The largest absolute Gasteiger partial charge is 0.481 e. The minimum absolute atomic E-state index is 0. The number of fused-ring (bicyclic) bond motifs is 5. The molecule has 0 aromatic heterocycles. The van der Waals surface area contributed by atoms with Gasteiger partial charge in [-0.2, -0.15) is 0 Å². The van der Waals surface area contributed by atoms with Crippen LogP contribution in [0.25, 0.3) is 0 Å². The summed E-state index contributed by atoms with van der Waals surface area (Å²) < 4.78 is 0. The Morgan fingerprint density at radius 3 is 2.39 bits per heavy atom. The molecule has 0 bridgehead atoms. The van der Waals surface area contributed by atoms with Gasteiger partial charge in [-0.15, -0.1) is 0 Å². The van der Waals surface area contributed by atoms with Crippen molar-refractivity contribution >= 4 is 11.8 Å². The Balaban J connectivity index is 0.00000306. The average Bonchev–Trinajstić information content (AvgIpc) is 3.09. The van der Waals surface area contributed by atoms with Crippen molar-refractivity contribution in [3.8, 4) is 0 Å². The van der Waals surface area contributed by atoms with Crippen LogP contribution in [-0.4, -0.2) is 45.8 Å². The first kappa shape index (κ1) is 26.6. The summed E-state index contributed by atoms with van der Waals surface area (Å²) in [5, 5.41) is 31.1. The van der Waals surface area contributed by atoms with E-state index in [1.54, 1.807) is 0 Å². The summed E-state index contributed by atoms with van der Waals surface area (Å²) in [4.78, 5) is 24.1. The maximum absolute atomic E-state index is 12.9. The first-order chi connectivity index (χ1) is 15.0. The normalized spacial score (nSPS) is 47.5. The number of hydrogen-bond donors (Lipinski definition) is 5. The SMILES string of the molecule is C[C@H](CCC(=O)O)[C@H]1CCC2C3C(CC[C@@]21C)[C@]1(C)C(C[C@@H](O)CC1C(=O)CN)C[C@@H]3O.N. The zero-order chi connectivity index (χ0) is 23.4. The first-order valence-corrected chi connectivity index (χ1v) is 12.8. The molecule has 0 amide bonds. The molecule has 190 valence electrons. The molecular weight excluding hydrogens is 420 g/mol. The minimum atomic E-state index is -0.725. The van der Waals surface area contributed by atoms with Crippen LogP contribution in [0.5, 0.6) is 0 Å². The minimum Gasteiger partial charge on any atom is -0.481 e. The quantitative estimate of drug-likeness (QED) is 0.401. The highest BCUT2D eigenvalue weighted by atomic mass is 16.4. The van der Waals surface area contributed by atoms with Crippen molar-refractivity contribution in [3.63, 3.8) is 0 Å². The zero-order valence-corrected chi connectivity index (χ0v) is 20.7. The molecule has 7 nitrogen and oxygen atoms in total. The lowest BCUT2D eigenvalue weighted by Crippen LogP contribution is -2.62. The summed E-state index contributed by atoms with van der Waals surface area (Å²) in [7, 11) is 0. The monoisotopic (exact) mass is 466 g/mol. The van der Waals surface area contributed by atoms with Gasteiger partial charge < -0.3 is 27.2 Å². The number of Topliss-reactive ketones (excluding diaryl/α,β-unsaturated/α-hetero) is 1. The molecule has 8 N–H and O–H groups in total. The first-order valence-electron chi connectivity index (χ1n) is 12.8. The Morgan fingerprint density at radius 2 is 1.76 bits per heavy atom. The molecule has 11 atom stereocenters. The van der Waals surface area contributed by atoms with E-state index in [0.717, 1.165) is 25.7 Å². The van der Waals surface area contributed by atoms with Gasteiger partial charge in [0.1, 0.15) is 5.78 Å². The number of aliphatic hydroxyl groups is 2. The molecular formula is C26H46N2O5. The molecule has 0 saturated heterocycles. The lowest BCUT2D eigenvalue weighted by Gasteiger charge is -2.64. The molecule has 0 heterocycles. The summed E-state index contributed by atoms with van der Waals surface area (Å²) in [5.74, 6) is 0.968. The van der Waals surface area contributed by atoms with Crippen molar-refractivity contribution < 1.29 is 24.9 Å². The fourth-order valence-electron chi connectivity index (χ4n) is 9.45. The third-order valence-corrected chi connectivity index (χ3v) is 11.0. The predicted octanol–water partition coefficient (Wildman–Crippen LogP) is 3.39. The number of carboxylic acid groups (broad SMARTS) is 1. The number of ketones is 1. The van der Waals surface area contributed by atoms with Crippen LogP contribution in [0.3, 0.4) is 0 Å². The van der Waals surface area contributed by atoms with Crippen LogP contribution >= 0.6 is 0 Å². The summed E-state index contributed by atoms with van der Waals surface area (Å²) in [6.07, 6.45) is 6.12. The Hall–Kier alpha value is -1.02. The number of carbonyl (C=O) groups excluding carboxylic acids is 1. The van der Waals surface area contributed by atoms with Gasteiger partial charge in [-0.1, -0.05) is 20.8 Å². The smallest absolute Gasteiger partial charge is 0.303 e. The van der Waals surface area contributed by atoms with E-state index in [4.69, 9.17) is 10.8 Å². The number of nitrogens with two attached hydrogens (primary N) is 1. The van der Waals surface area contributed by atoms with Crippen molar-refractivity contribution in [1.29, 1.82) is 0 Å². The van der Waals surface area contributed by atoms with Crippen molar-refractivity contribution in [2.45, 2.75) is 90.8 Å². The lowest BCUT2D eigenvalue weighted by molar-refractivity contribution is -0.196. The van der Waals surface area contributed by atoms with Gasteiger partial charge in [0.15, 0.2) is 0 Å². The Kier molecular flexibility index (Phi) is 7.70. The Labute approximate surface area is 198 Å². The number of carboxylic acids is 1. The number of carbonyl (C=O) groups is 2. The topological polar surface area (TPSA) is 156 Å². The van der Waals surface area contributed by atoms with Crippen LogP contribution < -0.4 is 11.9 Å². The van der Waals surface area contributed by atoms with Gasteiger partial charge in [-0.3, -0.25) is 9.59 Å². The lowest BCUT2D eigenvalue weighted by atomic mass is 9.41. The highest BCUT2D eigenvalue weighted by Crippen LogP contribution is 2.69. The number of rotatable bonds is 6. The molecule has 4 aliphatic carbocycles. The third kappa shape index (κ3) is 4.17. The van der Waals surface area contributed by atoms with Crippen LogP contribution in [0, 0.1) is 52.3 Å². The van der Waals surface area contributed by atoms with Crippen molar-refractivity contribution in [2.75, 3.05) is 6.54 Å². The highest BCUT2D eigenvalue weighted by Gasteiger charge is 2.65. The molecule has 0 aliphatic heterocycles. The van der Waals surface area contributed by atoms with Crippen molar-refractivity contribution in [2.24, 2.45) is 58.0 Å². The van der Waals surface area contributed by atoms with Gasteiger partial charge in [0.2, 0.25) is 0 Å². The molecule has 33 heavy (non-hydrogen) atoms. The molecule has 7 heteroatoms. The van der Waals surface area contributed by atoms with E-state index in [2.05, 4.69) is 20.8 Å². The molecule has 4 fully saturated rings. The predicted molar refractivity (Wildman–Crippen MR) is 127 cm³/mol. The van der Waals surface area contributed by atoms with Crippen LogP contribution in [0.15, 0.2) is 0 Å². The summed E-state index contributed by atoms with van der Waals surface area (Å²) >= 11 is 0. The van der Waals surface area contributed by atoms with Gasteiger partial charge in [-0.05, 0) is 97.7 Å². The van der Waals surface area contributed by atoms with Gasteiger partial charge in [-0.25, -0.2) is 0 Å². The van der Waals surface area contributed by atoms with Crippen LogP contribution in [-0.2, 0) is 9.59 Å². The molecule has 0 aromatic rings. The van der Waals surface area contributed by atoms with E-state index in [0.29, 0.717) is 43.4 Å². The zero-order valence-electron chi connectivity index (χ0n) is 20.7. The average molecular weight is 467 g/mol. The second-order valence-electron chi connectivity index (χ2n) is 12.1. The van der Waals surface area contributed by atoms with Crippen LogP contribution in [0.1, 0.15) is 78.6 Å². The third-order valence-electron chi connectivity index (χ3n) is 11.0. The van der Waals surface area contributed by atoms with E-state index in [1.165, 1.54) is 0 Å². The number of aliphatic hydroxyl groups excluding tert-OH is 2. The van der Waals surface area contributed by atoms with E-state index in [1.807, 2.05) is 0 Å². The second kappa shape index (κ2) is 9.56. The van der Waals surface area contributed by atoms with Gasteiger partial charge in [0, 0.05) is 12.3 Å². The molecule has 4 aliphatic rings. The van der Waals surface area contributed by atoms with Crippen LogP contribution in [0.4, 0.5) is 0 Å². The van der Waals surface area contributed by atoms with E-state index in [9.17, 15) is 19.8 Å². The number of hydrogen-bond acceptors (Lipinski definition) is 6. The molecule has 4 saturated carbocycles. The van der Waals surface area contributed by atoms with E-state index >= 15 is 0 Å². The molecule has 0 radical (unpaired) electrons. The Morgan fingerprint density at radius 1 is 1.06 bits per heavy atom. The second-order valence-corrected chi connectivity index (χ2v) is 12.1. The number of aliphatic carboxylic acids is 1. The summed E-state index contributed by atoms with van der Waals surface area (Å²) in [6.45, 7) is 6.87. The Bertz CT molecular complexity index is 746. The standard InChI is InChI=1S/C26H43NO5.H3N/c1-14(4-7-23(31)32)17-5-6-18-24-19(8-9-25(17,18)2)26(3)15(11-21(24)29)10-16(28)12-20(26)22(30)13-27;/h14-21,24,28-29H,4-13,27H2,1-3H3,(H,31,32);1H3/t14-,15?,16-,17-,18?,19?,20?,21+,24?,25-,26+;/m1./s1. The fourth-order valence-corrected chi connectivity index (χ4v) is 9.45. The maximum atomic E-state index is 12.9. The van der Waals surface area contributed by atoms with Crippen molar-refractivity contribution in [1.82, 2.24) is 6.15 Å². The van der Waals surface area contributed by atoms with E-state index < -0.39 is 18.2 Å². The van der Waals surface area contributed by atoms with Gasteiger partial charge in [0.05, 0.1) is 18.8 Å². The van der Waals surface area contributed by atoms with E-state index in [-0.39, 0.29) is 59.4 Å². The summed E-state index contributed by atoms with van der Waals surface area (Å²) in [6, 6.07) is 0. The summed E-state index contributed by atoms with van der Waals surface area (Å²) in [5.41, 5.74) is 5.71. The highest BCUT2D eigenvalue weighted by molar-refractivity contribution is 5.83.